The van der Waals surface area contributed by atoms with E-state index in [4.69, 9.17) is 9.72 Å². The molecule has 0 bridgehead atoms. The van der Waals surface area contributed by atoms with Crippen LogP contribution in [0.2, 0.25) is 0 Å². The minimum Gasteiger partial charge on any atom is -0.489 e. The molecule has 37 heavy (non-hydrogen) atoms. The summed E-state index contributed by atoms with van der Waals surface area (Å²) in [5, 5.41) is 6.05. The fraction of sp³-hybridized carbons (Fsp3) is 0.423. The topological polar surface area (TPSA) is 113 Å². The highest BCUT2D eigenvalue weighted by atomic mass is 32.1. The van der Waals surface area contributed by atoms with Gasteiger partial charge >= 0.3 is 0 Å². The molecule has 1 aliphatic rings. The maximum atomic E-state index is 12.8. The summed E-state index contributed by atoms with van der Waals surface area (Å²) >= 11 is 1.17. The quantitative estimate of drug-likeness (QED) is 0.436. The average Bonchev–Trinajstić information content (AvgIpc) is 3.49. The Morgan fingerprint density at radius 2 is 2.00 bits per heavy atom. The summed E-state index contributed by atoms with van der Waals surface area (Å²) in [6, 6.07) is 9.54. The van der Waals surface area contributed by atoms with Crippen LogP contribution < -0.4 is 25.2 Å². The molecule has 0 saturated carbocycles. The van der Waals surface area contributed by atoms with Crippen molar-refractivity contribution in [3.8, 4) is 5.75 Å². The Hall–Kier alpha value is -3.73. The Morgan fingerprint density at radius 1 is 1.24 bits per heavy atom. The highest BCUT2D eigenvalue weighted by Crippen LogP contribution is 2.26. The normalized spacial score (nSPS) is 15.8. The Kier molecular flexibility index (Phi) is 8.22. The van der Waals surface area contributed by atoms with E-state index in [1.54, 1.807) is 13.1 Å². The minimum atomic E-state index is -0.219. The van der Waals surface area contributed by atoms with E-state index in [-0.39, 0.29) is 24.0 Å². The predicted octanol–water partition coefficient (Wildman–Crippen LogP) is 3.80. The number of aromatic nitrogens is 3. The summed E-state index contributed by atoms with van der Waals surface area (Å²) in [6.45, 7) is 9.65. The smallest absolute Gasteiger partial charge is 0.263 e. The zero-order chi connectivity index (χ0) is 26.5. The van der Waals surface area contributed by atoms with Gasteiger partial charge in [0.15, 0.2) is 5.13 Å². The molecule has 4 rings (SSSR count). The van der Waals surface area contributed by atoms with E-state index in [0.717, 1.165) is 49.1 Å². The third-order valence-electron chi connectivity index (χ3n) is 6.23. The van der Waals surface area contributed by atoms with E-state index in [2.05, 4.69) is 32.4 Å². The van der Waals surface area contributed by atoms with Crippen LogP contribution in [0.4, 0.5) is 16.9 Å². The van der Waals surface area contributed by atoms with Gasteiger partial charge in [0.25, 0.3) is 5.91 Å². The van der Waals surface area contributed by atoms with Crippen molar-refractivity contribution in [2.45, 2.75) is 46.3 Å². The fourth-order valence-electron chi connectivity index (χ4n) is 4.06. The van der Waals surface area contributed by atoms with Crippen LogP contribution >= 0.6 is 11.3 Å². The van der Waals surface area contributed by atoms with Crippen LogP contribution in [0.5, 0.6) is 5.75 Å². The minimum absolute atomic E-state index is 0.0670. The molecule has 3 heterocycles. The van der Waals surface area contributed by atoms with Crippen LogP contribution in [0.25, 0.3) is 0 Å². The number of carbonyl (C=O) groups is 2. The van der Waals surface area contributed by atoms with Crippen molar-refractivity contribution in [3.63, 3.8) is 0 Å². The Balaban J connectivity index is 1.32. The number of carbonyl (C=O) groups excluding carboxylic acids is 2. The van der Waals surface area contributed by atoms with Gasteiger partial charge in [-0.05, 0) is 44.5 Å². The molecule has 1 saturated heterocycles. The SMILES string of the molecule is CCN(C)c1nccc(N2CCC(Oc3ccc([C@H](C)NC(=O)c4sc(NC(C)=O)nc4C)cc3)C2)n1. The van der Waals surface area contributed by atoms with Crippen molar-refractivity contribution >= 4 is 40.0 Å². The monoisotopic (exact) mass is 523 g/mol. The standard InChI is InChI=1S/C26H33N7O3S/c1-6-32(5)25-27-13-11-22(31-25)33-14-12-21(15-33)36-20-9-7-19(8-10-20)16(2)28-24(35)23-17(3)29-26(37-23)30-18(4)34/h7-11,13,16,21H,6,12,14-15H2,1-5H3,(H,28,35)(H,29,30,34)/t16-,21?/m0/s1. The lowest BCUT2D eigenvalue weighted by atomic mass is 10.1. The molecule has 2 amide bonds. The predicted molar refractivity (Wildman–Crippen MR) is 146 cm³/mol. The number of ether oxygens (including phenoxy) is 1. The lowest BCUT2D eigenvalue weighted by Gasteiger charge is -2.20. The summed E-state index contributed by atoms with van der Waals surface area (Å²) in [4.78, 5) is 42.1. The van der Waals surface area contributed by atoms with Crippen molar-refractivity contribution in [1.29, 1.82) is 0 Å². The van der Waals surface area contributed by atoms with Gasteiger partial charge in [0.1, 0.15) is 22.5 Å². The van der Waals surface area contributed by atoms with Gasteiger partial charge in [-0.3, -0.25) is 9.59 Å². The van der Waals surface area contributed by atoms with Gasteiger partial charge in [0.05, 0.1) is 18.3 Å². The van der Waals surface area contributed by atoms with Crippen molar-refractivity contribution in [1.82, 2.24) is 20.3 Å². The van der Waals surface area contributed by atoms with Crippen LogP contribution in [0, 0.1) is 6.92 Å². The van der Waals surface area contributed by atoms with E-state index in [9.17, 15) is 9.59 Å². The maximum Gasteiger partial charge on any atom is 0.263 e. The molecular weight excluding hydrogens is 490 g/mol. The van der Waals surface area contributed by atoms with Crippen molar-refractivity contribution < 1.29 is 14.3 Å². The summed E-state index contributed by atoms with van der Waals surface area (Å²) < 4.78 is 6.24. The molecule has 1 fully saturated rings. The highest BCUT2D eigenvalue weighted by Gasteiger charge is 2.26. The number of thiazole rings is 1. The number of anilines is 3. The Morgan fingerprint density at radius 3 is 2.70 bits per heavy atom. The second-order valence-electron chi connectivity index (χ2n) is 9.08. The van der Waals surface area contributed by atoms with Gasteiger partial charge in [0, 0.05) is 39.7 Å². The van der Waals surface area contributed by atoms with Gasteiger partial charge in [-0.15, -0.1) is 0 Å². The number of amides is 2. The van der Waals surface area contributed by atoms with Crippen molar-refractivity contribution in [3.05, 3.63) is 52.7 Å². The molecule has 196 valence electrons. The van der Waals surface area contributed by atoms with Crippen molar-refractivity contribution in [2.24, 2.45) is 0 Å². The average molecular weight is 524 g/mol. The largest absolute Gasteiger partial charge is 0.489 e. The molecule has 10 nitrogen and oxygen atoms in total. The molecule has 1 unspecified atom stereocenters. The molecule has 0 radical (unpaired) electrons. The Bertz CT molecular complexity index is 1250. The van der Waals surface area contributed by atoms with Crippen LogP contribution in [0.3, 0.4) is 0 Å². The number of aryl methyl sites for hydroxylation is 1. The van der Waals surface area contributed by atoms with Crippen molar-refractivity contribution in [2.75, 3.05) is 41.8 Å². The van der Waals surface area contributed by atoms with E-state index >= 15 is 0 Å². The van der Waals surface area contributed by atoms with E-state index in [1.165, 1.54) is 18.3 Å². The van der Waals surface area contributed by atoms with E-state index < -0.39 is 0 Å². The number of nitrogens with one attached hydrogen (secondary N) is 2. The van der Waals surface area contributed by atoms with E-state index in [1.807, 2.05) is 49.2 Å². The molecule has 0 aliphatic carbocycles. The zero-order valence-electron chi connectivity index (χ0n) is 21.8. The number of rotatable bonds is 9. The number of nitrogens with zero attached hydrogens (tertiary/aromatic N) is 5. The summed E-state index contributed by atoms with van der Waals surface area (Å²) in [5.41, 5.74) is 1.55. The molecule has 11 heteroatoms. The molecular formula is C26H33N7O3S. The first-order valence-corrected chi connectivity index (χ1v) is 13.2. The molecule has 3 aromatic rings. The van der Waals surface area contributed by atoms with Gasteiger partial charge in [0.2, 0.25) is 11.9 Å². The second-order valence-corrected chi connectivity index (χ2v) is 10.1. The first-order chi connectivity index (χ1) is 17.7. The molecule has 2 aromatic heterocycles. The molecule has 2 N–H and O–H groups in total. The molecule has 1 aliphatic heterocycles. The highest BCUT2D eigenvalue weighted by molar-refractivity contribution is 7.17. The summed E-state index contributed by atoms with van der Waals surface area (Å²) in [5.74, 6) is 1.99. The van der Waals surface area contributed by atoms with E-state index in [0.29, 0.717) is 15.7 Å². The number of hydrogen-bond acceptors (Lipinski definition) is 9. The van der Waals surface area contributed by atoms with Gasteiger partial charge in [-0.2, -0.15) is 4.98 Å². The van der Waals surface area contributed by atoms with Gasteiger partial charge in [-0.1, -0.05) is 23.5 Å². The van der Waals surface area contributed by atoms with Gasteiger partial charge in [-0.25, -0.2) is 9.97 Å². The fourth-order valence-corrected chi connectivity index (χ4v) is 4.97. The number of hydrogen-bond donors (Lipinski definition) is 2. The van der Waals surface area contributed by atoms with Crippen LogP contribution in [0.1, 0.15) is 54.2 Å². The molecule has 1 aromatic carbocycles. The lowest BCUT2D eigenvalue weighted by Crippen LogP contribution is -2.27. The summed E-state index contributed by atoms with van der Waals surface area (Å²) in [7, 11) is 1.98. The maximum absolute atomic E-state index is 12.8. The zero-order valence-corrected chi connectivity index (χ0v) is 22.6. The third-order valence-corrected chi connectivity index (χ3v) is 7.30. The third kappa shape index (κ3) is 6.53. The first kappa shape index (κ1) is 26.3. The number of benzene rings is 1. The van der Waals surface area contributed by atoms with Crippen LogP contribution in [0.15, 0.2) is 36.5 Å². The van der Waals surface area contributed by atoms with Crippen LogP contribution in [-0.2, 0) is 4.79 Å². The molecule has 0 spiro atoms. The lowest BCUT2D eigenvalue weighted by molar-refractivity contribution is -0.114. The summed E-state index contributed by atoms with van der Waals surface area (Å²) in [6.07, 6.45) is 2.78. The van der Waals surface area contributed by atoms with Gasteiger partial charge < -0.3 is 25.2 Å². The molecule has 2 atom stereocenters. The second kappa shape index (κ2) is 11.5. The Labute approximate surface area is 221 Å². The van der Waals surface area contributed by atoms with Crippen LogP contribution in [-0.4, -0.2) is 59.6 Å². The first-order valence-electron chi connectivity index (χ1n) is 12.3.